The van der Waals surface area contributed by atoms with Gasteiger partial charge in [0.15, 0.2) is 0 Å². The summed E-state index contributed by atoms with van der Waals surface area (Å²) in [6, 6.07) is 7.71. The molecule has 0 atom stereocenters. The first-order chi connectivity index (χ1) is 9.21. The Hall–Kier alpha value is -1.84. The van der Waals surface area contributed by atoms with E-state index >= 15 is 0 Å². The summed E-state index contributed by atoms with van der Waals surface area (Å²) in [7, 11) is 0. The molecule has 0 bridgehead atoms. The fraction of sp³-hybridized carbons (Fsp3) is 0.467. The quantitative estimate of drug-likeness (QED) is 0.820. The van der Waals surface area contributed by atoms with Gasteiger partial charge < -0.3 is 10.2 Å². The number of hydrogen-bond acceptors (Lipinski definition) is 3. The van der Waals surface area contributed by atoms with Gasteiger partial charge in [-0.25, -0.2) is 0 Å². The molecule has 2 saturated heterocycles. The Bertz CT molecular complexity index is 487. The molecular weight excluding hydrogens is 240 g/mol. The molecule has 1 N–H and O–H groups in total. The lowest BCUT2D eigenvalue weighted by atomic mass is 9.77. The number of nitrogens with one attached hydrogen (secondary N) is 1. The second-order valence-electron chi connectivity index (χ2n) is 5.65. The van der Waals surface area contributed by atoms with Crippen molar-refractivity contribution in [2.24, 2.45) is 5.41 Å². The average molecular weight is 258 g/mol. The lowest BCUT2D eigenvalue weighted by molar-refractivity contribution is -0.119. The molecule has 1 aromatic rings. The standard InChI is InChI=1S/C15H18N2O2/c18-10-12-1-3-13(4-2-12)17-7-5-15(6-8-17)9-14(19)16-11-15/h1-4,10H,5-9,11H2,(H,16,19). The van der Waals surface area contributed by atoms with Crippen molar-refractivity contribution in [3.8, 4) is 0 Å². The molecule has 3 rings (SSSR count). The maximum atomic E-state index is 11.4. The third kappa shape index (κ3) is 2.35. The van der Waals surface area contributed by atoms with Crippen LogP contribution in [-0.2, 0) is 4.79 Å². The third-order valence-electron chi connectivity index (χ3n) is 4.41. The molecule has 2 aliphatic heterocycles. The van der Waals surface area contributed by atoms with Crippen LogP contribution in [0.2, 0.25) is 0 Å². The van der Waals surface area contributed by atoms with Crippen molar-refractivity contribution in [3.63, 3.8) is 0 Å². The van der Waals surface area contributed by atoms with Crippen molar-refractivity contribution in [2.45, 2.75) is 19.3 Å². The molecule has 1 aromatic carbocycles. The number of amides is 1. The number of nitrogens with zero attached hydrogens (tertiary/aromatic N) is 1. The lowest BCUT2D eigenvalue weighted by Crippen LogP contribution is -2.41. The first-order valence-corrected chi connectivity index (χ1v) is 6.78. The fourth-order valence-electron chi connectivity index (χ4n) is 3.11. The molecule has 2 aliphatic rings. The van der Waals surface area contributed by atoms with Crippen LogP contribution >= 0.6 is 0 Å². The van der Waals surface area contributed by atoms with E-state index in [-0.39, 0.29) is 11.3 Å². The van der Waals surface area contributed by atoms with Gasteiger partial charge in [0.2, 0.25) is 5.91 Å². The summed E-state index contributed by atoms with van der Waals surface area (Å²) in [5, 5.41) is 2.95. The van der Waals surface area contributed by atoms with Crippen molar-refractivity contribution < 1.29 is 9.59 Å². The van der Waals surface area contributed by atoms with Crippen LogP contribution in [0.5, 0.6) is 0 Å². The monoisotopic (exact) mass is 258 g/mol. The Labute approximate surface area is 112 Å². The number of carbonyl (C=O) groups is 2. The molecule has 0 unspecified atom stereocenters. The maximum absolute atomic E-state index is 11.4. The molecule has 4 nitrogen and oxygen atoms in total. The van der Waals surface area contributed by atoms with Crippen LogP contribution in [0.1, 0.15) is 29.6 Å². The minimum Gasteiger partial charge on any atom is -0.371 e. The number of aldehydes is 1. The summed E-state index contributed by atoms with van der Waals surface area (Å²) in [4.78, 5) is 24.4. The molecule has 2 heterocycles. The number of carbonyl (C=O) groups excluding carboxylic acids is 2. The number of rotatable bonds is 2. The fourth-order valence-corrected chi connectivity index (χ4v) is 3.11. The average Bonchev–Trinajstić information content (AvgIpc) is 2.81. The van der Waals surface area contributed by atoms with Crippen LogP contribution in [0, 0.1) is 5.41 Å². The van der Waals surface area contributed by atoms with Gasteiger partial charge in [0.05, 0.1) is 0 Å². The van der Waals surface area contributed by atoms with Crippen molar-refractivity contribution in [1.82, 2.24) is 5.32 Å². The van der Waals surface area contributed by atoms with Crippen molar-refractivity contribution >= 4 is 17.9 Å². The zero-order valence-electron chi connectivity index (χ0n) is 10.9. The van der Waals surface area contributed by atoms with Crippen LogP contribution in [0.25, 0.3) is 0 Å². The molecule has 0 aliphatic carbocycles. The summed E-state index contributed by atoms with van der Waals surface area (Å²) >= 11 is 0. The molecule has 0 saturated carbocycles. The number of anilines is 1. The van der Waals surface area contributed by atoms with Gasteiger partial charge in [-0.1, -0.05) is 0 Å². The normalized spacial score (nSPS) is 21.5. The van der Waals surface area contributed by atoms with E-state index in [4.69, 9.17) is 0 Å². The van der Waals surface area contributed by atoms with E-state index in [0.717, 1.165) is 44.4 Å². The van der Waals surface area contributed by atoms with Crippen molar-refractivity contribution in [3.05, 3.63) is 29.8 Å². The highest BCUT2D eigenvalue weighted by Gasteiger charge is 2.40. The van der Waals surface area contributed by atoms with E-state index in [1.54, 1.807) is 0 Å². The van der Waals surface area contributed by atoms with Crippen LogP contribution in [0.4, 0.5) is 5.69 Å². The van der Waals surface area contributed by atoms with Crippen LogP contribution < -0.4 is 10.2 Å². The maximum Gasteiger partial charge on any atom is 0.220 e. The minimum absolute atomic E-state index is 0.191. The lowest BCUT2D eigenvalue weighted by Gasteiger charge is -2.39. The van der Waals surface area contributed by atoms with E-state index in [0.29, 0.717) is 12.0 Å². The van der Waals surface area contributed by atoms with Crippen LogP contribution in [0.15, 0.2) is 24.3 Å². The molecule has 1 spiro atoms. The smallest absolute Gasteiger partial charge is 0.220 e. The van der Waals surface area contributed by atoms with Gasteiger partial charge in [0.1, 0.15) is 6.29 Å². The molecule has 2 fully saturated rings. The van der Waals surface area contributed by atoms with Gasteiger partial charge in [-0.2, -0.15) is 0 Å². The molecule has 1 amide bonds. The Morgan fingerprint density at radius 3 is 2.37 bits per heavy atom. The van der Waals surface area contributed by atoms with E-state index < -0.39 is 0 Å². The molecular formula is C15H18N2O2. The third-order valence-corrected chi connectivity index (χ3v) is 4.41. The largest absolute Gasteiger partial charge is 0.371 e. The molecule has 0 aromatic heterocycles. The number of piperidine rings is 1. The Kier molecular flexibility index (Phi) is 3.01. The summed E-state index contributed by atoms with van der Waals surface area (Å²) in [6.45, 7) is 2.80. The summed E-state index contributed by atoms with van der Waals surface area (Å²) in [6.07, 6.45) is 3.66. The van der Waals surface area contributed by atoms with E-state index in [1.165, 1.54) is 0 Å². The Morgan fingerprint density at radius 2 is 1.84 bits per heavy atom. The number of benzene rings is 1. The highest BCUT2D eigenvalue weighted by Crippen LogP contribution is 2.38. The van der Waals surface area contributed by atoms with E-state index in [1.807, 2.05) is 24.3 Å². The summed E-state index contributed by atoms with van der Waals surface area (Å²) < 4.78 is 0. The van der Waals surface area contributed by atoms with Gasteiger partial charge in [0.25, 0.3) is 0 Å². The molecule has 0 radical (unpaired) electrons. The highest BCUT2D eigenvalue weighted by molar-refractivity contribution is 5.79. The van der Waals surface area contributed by atoms with Gasteiger partial charge in [-0.05, 0) is 42.5 Å². The Balaban J connectivity index is 1.66. The predicted octanol–water partition coefficient (Wildman–Crippen LogP) is 1.61. The van der Waals surface area contributed by atoms with Gasteiger partial charge >= 0.3 is 0 Å². The molecule has 19 heavy (non-hydrogen) atoms. The Morgan fingerprint density at radius 1 is 1.16 bits per heavy atom. The van der Waals surface area contributed by atoms with E-state index in [9.17, 15) is 9.59 Å². The summed E-state index contributed by atoms with van der Waals surface area (Å²) in [5.41, 5.74) is 2.07. The topological polar surface area (TPSA) is 49.4 Å². The second-order valence-corrected chi connectivity index (χ2v) is 5.65. The highest BCUT2D eigenvalue weighted by atomic mass is 16.2. The van der Waals surface area contributed by atoms with Crippen molar-refractivity contribution in [1.29, 1.82) is 0 Å². The second kappa shape index (κ2) is 4.68. The molecule has 4 heteroatoms. The minimum atomic E-state index is 0.191. The first-order valence-electron chi connectivity index (χ1n) is 6.78. The zero-order chi connectivity index (χ0) is 13.3. The number of hydrogen-bond donors (Lipinski definition) is 1. The zero-order valence-corrected chi connectivity index (χ0v) is 10.9. The predicted molar refractivity (Wildman–Crippen MR) is 73.3 cm³/mol. The van der Waals surface area contributed by atoms with Crippen LogP contribution in [-0.4, -0.2) is 31.8 Å². The van der Waals surface area contributed by atoms with Gasteiger partial charge in [-0.3, -0.25) is 9.59 Å². The van der Waals surface area contributed by atoms with Crippen molar-refractivity contribution in [2.75, 3.05) is 24.5 Å². The van der Waals surface area contributed by atoms with E-state index in [2.05, 4.69) is 10.2 Å². The van der Waals surface area contributed by atoms with Crippen LogP contribution in [0.3, 0.4) is 0 Å². The van der Waals surface area contributed by atoms with Gasteiger partial charge in [0, 0.05) is 37.3 Å². The summed E-state index contributed by atoms with van der Waals surface area (Å²) in [5.74, 6) is 0.198. The first kappa shape index (κ1) is 12.2. The SMILES string of the molecule is O=Cc1ccc(N2CCC3(CC2)CNC(=O)C3)cc1. The molecule has 100 valence electrons. The van der Waals surface area contributed by atoms with Gasteiger partial charge in [-0.15, -0.1) is 0 Å².